The largest absolute Gasteiger partial charge is 0.314 e. The van der Waals surface area contributed by atoms with Crippen molar-refractivity contribution in [1.29, 1.82) is 0 Å². The fraction of sp³-hybridized carbons (Fsp3) is 0.417. The third kappa shape index (κ3) is 2.36. The van der Waals surface area contributed by atoms with Crippen LogP contribution in [0.5, 0.6) is 0 Å². The molecule has 1 fully saturated rings. The molecular weight excluding hydrogens is 224 g/mol. The van der Waals surface area contributed by atoms with Crippen LogP contribution in [-0.2, 0) is 4.79 Å². The number of hydrogen-bond donors (Lipinski definition) is 1. The van der Waals surface area contributed by atoms with E-state index in [1.54, 1.807) is 0 Å². The lowest BCUT2D eigenvalue weighted by atomic mass is 10.2. The minimum absolute atomic E-state index is 0.173. The van der Waals surface area contributed by atoms with Gasteiger partial charge in [0.15, 0.2) is 0 Å². The third-order valence-electron chi connectivity index (χ3n) is 2.78. The topological polar surface area (TPSA) is 32.3 Å². The molecule has 0 unspecified atom stereocenters. The Hall–Kier alpha value is -1.06. The van der Waals surface area contributed by atoms with E-state index in [4.69, 9.17) is 11.6 Å². The number of benzene rings is 1. The lowest BCUT2D eigenvalue weighted by molar-refractivity contribution is -0.118. The van der Waals surface area contributed by atoms with E-state index in [2.05, 4.69) is 5.32 Å². The van der Waals surface area contributed by atoms with Gasteiger partial charge in [0.25, 0.3) is 0 Å². The lowest BCUT2D eigenvalue weighted by Crippen LogP contribution is -2.32. The Bertz CT molecular complexity index is 406. The van der Waals surface area contributed by atoms with Crippen molar-refractivity contribution in [2.75, 3.05) is 24.5 Å². The quantitative estimate of drug-likeness (QED) is 0.812. The molecule has 0 atom stereocenters. The number of aryl methyl sites for hydroxylation is 1. The van der Waals surface area contributed by atoms with Gasteiger partial charge in [-0.2, -0.15) is 0 Å². The van der Waals surface area contributed by atoms with Gasteiger partial charge in [-0.05, 0) is 30.7 Å². The van der Waals surface area contributed by atoms with Crippen LogP contribution in [0.1, 0.15) is 12.0 Å². The summed E-state index contributed by atoms with van der Waals surface area (Å²) in [5.74, 6) is 0.173. The summed E-state index contributed by atoms with van der Waals surface area (Å²) in [7, 11) is 0. The van der Waals surface area contributed by atoms with Crippen LogP contribution in [0, 0.1) is 6.92 Å². The van der Waals surface area contributed by atoms with Gasteiger partial charge in [-0.15, -0.1) is 0 Å². The number of anilines is 1. The maximum absolute atomic E-state index is 11.9. The highest BCUT2D eigenvalue weighted by molar-refractivity contribution is 6.31. The molecule has 1 aliphatic heterocycles. The van der Waals surface area contributed by atoms with Gasteiger partial charge in [0.2, 0.25) is 5.91 Å². The molecule has 2 rings (SSSR count). The monoisotopic (exact) mass is 238 g/mol. The first-order valence-corrected chi connectivity index (χ1v) is 5.83. The normalized spacial score (nSPS) is 17.4. The third-order valence-corrected chi connectivity index (χ3v) is 3.21. The van der Waals surface area contributed by atoms with Crippen LogP contribution >= 0.6 is 11.6 Å². The zero-order chi connectivity index (χ0) is 11.5. The summed E-state index contributed by atoms with van der Waals surface area (Å²) in [6, 6.07) is 5.71. The summed E-state index contributed by atoms with van der Waals surface area (Å²) >= 11 is 5.97. The second-order valence-electron chi connectivity index (χ2n) is 3.98. The number of halogens is 1. The van der Waals surface area contributed by atoms with E-state index in [1.807, 2.05) is 30.0 Å². The highest BCUT2D eigenvalue weighted by Gasteiger charge is 2.18. The van der Waals surface area contributed by atoms with E-state index >= 15 is 0 Å². The summed E-state index contributed by atoms with van der Waals surface area (Å²) in [6.45, 7) is 4.28. The number of carbonyl (C=O) groups is 1. The SMILES string of the molecule is Cc1cc(N2CCNCCC2=O)ccc1Cl. The number of rotatable bonds is 1. The lowest BCUT2D eigenvalue weighted by Gasteiger charge is -2.20. The first kappa shape index (κ1) is 11.4. The van der Waals surface area contributed by atoms with Gasteiger partial charge in [0.1, 0.15) is 0 Å². The predicted molar refractivity (Wildman–Crippen MR) is 66.0 cm³/mol. The molecule has 0 aliphatic carbocycles. The van der Waals surface area contributed by atoms with Gasteiger partial charge < -0.3 is 10.2 Å². The van der Waals surface area contributed by atoms with Crippen molar-refractivity contribution in [2.45, 2.75) is 13.3 Å². The Balaban J connectivity index is 2.27. The Kier molecular flexibility index (Phi) is 3.46. The van der Waals surface area contributed by atoms with Crippen LogP contribution in [0.15, 0.2) is 18.2 Å². The average molecular weight is 239 g/mol. The number of nitrogens with one attached hydrogen (secondary N) is 1. The summed E-state index contributed by atoms with van der Waals surface area (Å²) in [4.78, 5) is 13.7. The molecule has 1 aliphatic rings. The molecule has 4 heteroatoms. The van der Waals surface area contributed by atoms with Crippen LogP contribution in [0.2, 0.25) is 5.02 Å². The molecule has 0 bridgehead atoms. The zero-order valence-corrected chi connectivity index (χ0v) is 10.0. The van der Waals surface area contributed by atoms with E-state index < -0.39 is 0 Å². The van der Waals surface area contributed by atoms with Crippen molar-refractivity contribution in [3.8, 4) is 0 Å². The van der Waals surface area contributed by atoms with E-state index in [9.17, 15) is 4.79 Å². The maximum atomic E-state index is 11.9. The molecule has 1 heterocycles. The van der Waals surface area contributed by atoms with Crippen molar-refractivity contribution >= 4 is 23.2 Å². The summed E-state index contributed by atoms with van der Waals surface area (Å²) in [5, 5.41) is 3.95. The van der Waals surface area contributed by atoms with Gasteiger partial charge in [0, 0.05) is 36.8 Å². The minimum atomic E-state index is 0.173. The maximum Gasteiger partial charge on any atom is 0.228 e. The molecule has 3 nitrogen and oxygen atoms in total. The molecule has 86 valence electrons. The summed E-state index contributed by atoms with van der Waals surface area (Å²) < 4.78 is 0. The molecule has 1 aromatic carbocycles. The minimum Gasteiger partial charge on any atom is -0.314 e. The van der Waals surface area contributed by atoms with E-state index in [0.717, 1.165) is 35.9 Å². The van der Waals surface area contributed by atoms with Gasteiger partial charge in [-0.3, -0.25) is 4.79 Å². The van der Waals surface area contributed by atoms with Crippen LogP contribution in [0.25, 0.3) is 0 Å². The molecule has 1 aromatic rings. The molecule has 16 heavy (non-hydrogen) atoms. The molecule has 1 N–H and O–H groups in total. The molecular formula is C12H15ClN2O. The van der Waals surface area contributed by atoms with Crippen molar-refractivity contribution in [2.24, 2.45) is 0 Å². The summed E-state index contributed by atoms with van der Waals surface area (Å²) in [5.41, 5.74) is 1.94. The van der Waals surface area contributed by atoms with Gasteiger partial charge in [0.05, 0.1) is 0 Å². The van der Waals surface area contributed by atoms with Gasteiger partial charge in [-0.1, -0.05) is 11.6 Å². The van der Waals surface area contributed by atoms with E-state index in [0.29, 0.717) is 6.42 Å². The van der Waals surface area contributed by atoms with Crippen LogP contribution in [-0.4, -0.2) is 25.5 Å². The number of carbonyl (C=O) groups excluding carboxylic acids is 1. The molecule has 0 radical (unpaired) electrons. The molecule has 0 spiro atoms. The van der Waals surface area contributed by atoms with Crippen molar-refractivity contribution < 1.29 is 4.79 Å². The van der Waals surface area contributed by atoms with Crippen molar-refractivity contribution in [3.05, 3.63) is 28.8 Å². The predicted octanol–water partition coefficient (Wildman–Crippen LogP) is 1.97. The van der Waals surface area contributed by atoms with Gasteiger partial charge in [-0.25, -0.2) is 0 Å². The number of nitrogens with zero attached hydrogens (tertiary/aromatic N) is 1. The van der Waals surface area contributed by atoms with E-state index in [-0.39, 0.29) is 5.91 Å². The highest BCUT2D eigenvalue weighted by Crippen LogP contribution is 2.23. The van der Waals surface area contributed by atoms with E-state index in [1.165, 1.54) is 0 Å². The smallest absolute Gasteiger partial charge is 0.228 e. The second-order valence-corrected chi connectivity index (χ2v) is 4.39. The van der Waals surface area contributed by atoms with Crippen molar-refractivity contribution in [1.82, 2.24) is 5.32 Å². The van der Waals surface area contributed by atoms with Crippen LogP contribution in [0.4, 0.5) is 5.69 Å². The number of hydrogen-bond acceptors (Lipinski definition) is 2. The first-order valence-electron chi connectivity index (χ1n) is 5.46. The Morgan fingerprint density at radius 2 is 2.19 bits per heavy atom. The van der Waals surface area contributed by atoms with Gasteiger partial charge >= 0.3 is 0 Å². The first-order chi connectivity index (χ1) is 7.68. The molecule has 0 aromatic heterocycles. The zero-order valence-electron chi connectivity index (χ0n) is 9.29. The van der Waals surface area contributed by atoms with Crippen molar-refractivity contribution in [3.63, 3.8) is 0 Å². The van der Waals surface area contributed by atoms with Crippen LogP contribution < -0.4 is 10.2 Å². The second kappa shape index (κ2) is 4.85. The fourth-order valence-corrected chi connectivity index (χ4v) is 1.96. The molecule has 1 saturated heterocycles. The average Bonchev–Trinajstić information content (AvgIpc) is 2.47. The molecule has 0 saturated carbocycles. The Labute approximate surface area is 100 Å². The number of amides is 1. The van der Waals surface area contributed by atoms with Crippen LogP contribution in [0.3, 0.4) is 0 Å². The fourth-order valence-electron chi connectivity index (χ4n) is 1.84. The highest BCUT2D eigenvalue weighted by atomic mass is 35.5. The summed E-state index contributed by atoms with van der Waals surface area (Å²) in [6.07, 6.45) is 0.557. The Morgan fingerprint density at radius 3 is 2.94 bits per heavy atom. The standard InChI is InChI=1S/C12H15ClN2O/c1-9-8-10(2-3-11(9)13)15-7-6-14-5-4-12(15)16/h2-3,8,14H,4-7H2,1H3. The molecule has 1 amide bonds. The Morgan fingerprint density at radius 1 is 1.38 bits per heavy atom.